The minimum atomic E-state index is -0.475. The molecule has 0 radical (unpaired) electrons. The fourth-order valence-corrected chi connectivity index (χ4v) is 1.83. The fourth-order valence-electron chi connectivity index (χ4n) is 1.83. The first-order chi connectivity index (χ1) is 10.6. The van der Waals surface area contributed by atoms with Gasteiger partial charge in [0.15, 0.2) is 0 Å². The molecule has 0 saturated heterocycles. The second-order valence-electron chi connectivity index (χ2n) is 4.58. The maximum absolute atomic E-state index is 12.1. The lowest BCUT2D eigenvalue weighted by atomic mass is 10.2. The van der Waals surface area contributed by atoms with Crippen LogP contribution in [-0.4, -0.2) is 54.3 Å². The maximum Gasteiger partial charge on any atom is 0.269 e. The molecule has 0 aliphatic carbocycles. The maximum atomic E-state index is 12.1. The summed E-state index contributed by atoms with van der Waals surface area (Å²) in [6.07, 6.45) is 3.67. The highest BCUT2D eigenvalue weighted by molar-refractivity contribution is 5.91. The SMILES string of the molecule is COCCCN(CCO)C(=O)/C=C/c1ccc([N+](=O)[O-])cc1. The molecule has 1 aromatic carbocycles. The van der Waals surface area contributed by atoms with Crippen LogP contribution in [0.1, 0.15) is 12.0 Å². The molecule has 0 atom stereocenters. The van der Waals surface area contributed by atoms with E-state index in [2.05, 4.69) is 0 Å². The van der Waals surface area contributed by atoms with E-state index in [9.17, 15) is 14.9 Å². The molecule has 0 unspecified atom stereocenters. The number of nitro groups is 1. The molecule has 1 aromatic rings. The summed E-state index contributed by atoms with van der Waals surface area (Å²) in [7, 11) is 1.59. The summed E-state index contributed by atoms with van der Waals surface area (Å²) >= 11 is 0. The number of carbonyl (C=O) groups excluding carboxylic acids is 1. The number of ether oxygens (including phenoxy) is 1. The highest BCUT2D eigenvalue weighted by atomic mass is 16.6. The monoisotopic (exact) mass is 308 g/mol. The smallest absolute Gasteiger partial charge is 0.269 e. The summed E-state index contributed by atoms with van der Waals surface area (Å²) in [6, 6.07) is 5.91. The third kappa shape index (κ3) is 6.02. The first-order valence-corrected chi connectivity index (χ1v) is 6.89. The molecule has 0 bridgehead atoms. The van der Waals surface area contributed by atoms with Gasteiger partial charge in [-0.25, -0.2) is 0 Å². The van der Waals surface area contributed by atoms with Crippen LogP contribution >= 0.6 is 0 Å². The van der Waals surface area contributed by atoms with Crippen molar-refractivity contribution in [3.63, 3.8) is 0 Å². The summed E-state index contributed by atoms with van der Waals surface area (Å²) < 4.78 is 4.94. The van der Waals surface area contributed by atoms with Crippen LogP contribution < -0.4 is 0 Å². The molecule has 1 N–H and O–H groups in total. The number of methoxy groups -OCH3 is 1. The van der Waals surface area contributed by atoms with Crippen molar-refractivity contribution in [1.82, 2.24) is 4.90 Å². The van der Waals surface area contributed by atoms with Crippen molar-refractivity contribution in [2.75, 3.05) is 33.4 Å². The zero-order valence-corrected chi connectivity index (χ0v) is 12.5. The quantitative estimate of drug-likeness (QED) is 0.323. The lowest BCUT2D eigenvalue weighted by Crippen LogP contribution is -2.33. The number of nitrogens with zero attached hydrogens (tertiary/aromatic N) is 2. The van der Waals surface area contributed by atoms with Crippen molar-refractivity contribution >= 4 is 17.7 Å². The molecular weight excluding hydrogens is 288 g/mol. The van der Waals surface area contributed by atoms with E-state index in [1.165, 1.54) is 23.1 Å². The molecule has 1 amide bonds. The van der Waals surface area contributed by atoms with Crippen LogP contribution in [0.25, 0.3) is 6.08 Å². The molecular formula is C15H20N2O5. The fraction of sp³-hybridized carbons (Fsp3) is 0.400. The number of hydrogen-bond acceptors (Lipinski definition) is 5. The van der Waals surface area contributed by atoms with Crippen LogP contribution in [0, 0.1) is 10.1 Å². The molecule has 0 aliphatic heterocycles. The van der Waals surface area contributed by atoms with Gasteiger partial charge in [0.2, 0.25) is 5.91 Å². The Morgan fingerprint density at radius 3 is 2.59 bits per heavy atom. The van der Waals surface area contributed by atoms with Crippen LogP contribution in [0.4, 0.5) is 5.69 Å². The Bertz CT molecular complexity index is 513. The van der Waals surface area contributed by atoms with E-state index in [1.807, 2.05) is 0 Å². The van der Waals surface area contributed by atoms with Gasteiger partial charge in [-0.2, -0.15) is 0 Å². The van der Waals surface area contributed by atoms with Crippen molar-refractivity contribution in [3.05, 3.63) is 46.0 Å². The second kappa shape index (κ2) is 9.64. The van der Waals surface area contributed by atoms with E-state index in [0.29, 0.717) is 25.1 Å². The van der Waals surface area contributed by atoms with Crippen LogP contribution in [0.5, 0.6) is 0 Å². The van der Waals surface area contributed by atoms with Gasteiger partial charge in [-0.15, -0.1) is 0 Å². The number of benzene rings is 1. The lowest BCUT2D eigenvalue weighted by molar-refractivity contribution is -0.384. The van der Waals surface area contributed by atoms with Crippen LogP contribution in [-0.2, 0) is 9.53 Å². The van der Waals surface area contributed by atoms with Crippen LogP contribution in [0.15, 0.2) is 30.3 Å². The molecule has 7 heteroatoms. The second-order valence-corrected chi connectivity index (χ2v) is 4.58. The van der Waals surface area contributed by atoms with Gasteiger partial charge in [0.05, 0.1) is 11.5 Å². The van der Waals surface area contributed by atoms with Gasteiger partial charge in [-0.05, 0) is 30.2 Å². The average molecular weight is 308 g/mol. The third-order valence-corrected chi connectivity index (χ3v) is 2.98. The van der Waals surface area contributed by atoms with Crippen molar-refractivity contribution in [1.29, 1.82) is 0 Å². The largest absolute Gasteiger partial charge is 0.395 e. The molecule has 22 heavy (non-hydrogen) atoms. The molecule has 7 nitrogen and oxygen atoms in total. The molecule has 0 heterocycles. The number of carbonyl (C=O) groups is 1. The van der Waals surface area contributed by atoms with Crippen LogP contribution in [0.3, 0.4) is 0 Å². The zero-order valence-electron chi connectivity index (χ0n) is 12.5. The van der Waals surface area contributed by atoms with Crippen molar-refractivity contribution < 1.29 is 19.6 Å². The molecule has 0 spiro atoms. The number of aliphatic hydroxyl groups excluding tert-OH is 1. The van der Waals surface area contributed by atoms with Crippen LogP contribution in [0.2, 0.25) is 0 Å². The van der Waals surface area contributed by atoms with Gasteiger partial charge in [0.25, 0.3) is 5.69 Å². The highest BCUT2D eigenvalue weighted by Crippen LogP contribution is 2.13. The number of non-ortho nitro benzene ring substituents is 1. The first-order valence-electron chi connectivity index (χ1n) is 6.89. The van der Waals surface area contributed by atoms with Crippen molar-refractivity contribution in [2.24, 2.45) is 0 Å². The zero-order chi connectivity index (χ0) is 16.4. The van der Waals surface area contributed by atoms with Gasteiger partial charge in [-0.1, -0.05) is 0 Å². The molecule has 0 fully saturated rings. The summed E-state index contributed by atoms with van der Waals surface area (Å²) in [5, 5.41) is 19.6. The van der Waals surface area contributed by atoms with Crippen molar-refractivity contribution in [3.8, 4) is 0 Å². The van der Waals surface area contributed by atoms with Gasteiger partial charge < -0.3 is 14.7 Å². The van der Waals surface area contributed by atoms with Gasteiger partial charge in [0, 0.05) is 45.0 Å². The number of nitro benzene ring substituents is 1. The predicted octanol–water partition coefficient (Wildman–Crippen LogP) is 1.47. The Morgan fingerprint density at radius 2 is 2.05 bits per heavy atom. The Kier molecular flexibility index (Phi) is 7.80. The summed E-state index contributed by atoms with van der Waals surface area (Å²) in [5.41, 5.74) is 0.699. The number of rotatable bonds is 9. The number of hydrogen-bond donors (Lipinski definition) is 1. The van der Waals surface area contributed by atoms with E-state index < -0.39 is 4.92 Å². The number of amides is 1. The van der Waals surface area contributed by atoms with E-state index >= 15 is 0 Å². The predicted molar refractivity (Wildman–Crippen MR) is 82.3 cm³/mol. The third-order valence-electron chi connectivity index (χ3n) is 2.98. The molecule has 1 rings (SSSR count). The Morgan fingerprint density at radius 1 is 1.36 bits per heavy atom. The first kappa shape index (κ1) is 17.8. The summed E-state index contributed by atoms with van der Waals surface area (Å²) in [4.78, 5) is 23.7. The van der Waals surface area contributed by atoms with Gasteiger partial charge >= 0.3 is 0 Å². The van der Waals surface area contributed by atoms with E-state index in [-0.39, 0.29) is 24.7 Å². The Labute approximate surface area is 129 Å². The van der Waals surface area contributed by atoms with E-state index in [4.69, 9.17) is 9.84 Å². The van der Waals surface area contributed by atoms with E-state index in [0.717, 1.165) is 0 Å². The highest BCUT2D eigenvalue weighted by Gasteiger charge is 2.09. The minimum absolute atomic E-state index is 0.00458. The van der Waals surface area contributed by atoms with Crippen molar-refractivity contribution in [2.45, 2.75) is 6.42 Å². The van der Waals surface area contributed by atoms with E-state index in [1.54, 1.807) is 25.3 Å². The topological polar surface area (TPSA) is 92.9 Å². The van der Waals surface area contributed by atoms with Gasteiger partial charge in [-0.3, -0.25) is 14.9 Å². The van der Waals surface area contributed by atoms with Gasteiger partial charge in [0.1, 0.15) is 0 Å². The summed E-state index contributed by atoms with van der Waals surface area (Å²) in [6.45, 7) is 1.19. The average Bonchev–Trinajstić information content (AvgIpc) is 2.52. The molecule has 0 saturated carbocycles. The Hall–Kier alpha value is -2.25. The lowest BCUT2D eigenvalue weighted by Gasteiger charge is -2.19. The Balaban J connectivity index is 2.64. The molecule has 0 aliphatic rings. The normalized spacial score (nSPS) is 10.8. The molecule has 0 aromatic heterocycles. The minimum Gasteiger partial charge on any atom is -0.395 e. The summed E-state index contributed by atoms with van der Waals surface area (Å²) in [5.74, 6) is -0.219. The number of aliphatic hydroxyl groups is 1. The molecule has 120 valence electrons. The standard InChI is InChI=1S/C15H20N2O5/c1-22-12-2-9-16(10-11-18)15(19)8-5-13-3-6-14(7-4-13)17(20)21/h3-8,18H,2,9-12H2,1H3/b8-5+.